The Morgan fingerprint density at radius 1 is 1.35 bits per heavy atom. The summed E-state index contributed by atoms with van der Waals surface area (Å²) in [6, 6.07) is 1.95. The molecular formula is C20H22ClFN4O5. The average molecular weight is 453 g/mol. The second-order valence-electron chi connectivity index (χ2n) is 6.93. The summed E-state index contributed by atoms with van der Waals surface area (Å²) in [7, 11) is 2.43. The summed E-state index contributed by atoms with van der Waals surface area (Å²) in [5.41, 5.74) is 2.02. The number of esters is 2. The van der Waals surface area contributed by atoms with Crippen LogP contribution < -0.4 is 5.32 Å². The molecule has 1 aliphatic heterocycles. The quantitative estimate of drug-likeness (QED) is 0.650. The number of aromatic amines is 1. The molecule has 0 radical (unpaired) electrons. The molecule has 0 bridgehead atoms. The Bertz CT molecular complexity index is 982. The van der Waals surface area contributed by atoms with Crippen molar-refractivity contribution in [3.63, 3.8) is 0 Å². The van der Waals surface area contributed by atoms with E-state index in [9.17, 15) is 18.8 Å². The summed E-state index contributed by atoms with van der Waals surface area (Å²) in [4.78, 5) is 45.6. The summed E-state index contributed by atoms with van der Waals surface area (Å²) in [6.45, 7) is 0.311. The lowest BCUT2D eigenvalue weighted by atomic mass is 9.96. The Morgan fingerprint density at radius 2 is 2.13 bits per heavy atom. The number of nitrogens with zero attached hydrogens (tertiary/aromatic N) is 2. The minimum absolute atomic E-state index is 0.0135. The third kappa shape index (κ3) is 4.96. The molecule has 2 N–H and O–H groups in total. The van der Waals surface area contributed by atoms with Gasteiger partial charge in [0.15, 0.2) is 0 Å². The lowest BCUT2D eigenvalue weighted by molar-refractivity contribution is -0.144. The van der Waals surface area contributed by atoms with Crippen LogP contribution in [0.2, 0.25) is 5.02 Å². The molecule has 0 fully saturated rings. The van der Waals surface area contributed by atoms with Crippen LogP contribution >= 0.6 is 11.6 Å². The van der Waals surface area contributed by atoms with Crippen molar-refractivity contribution in [2.24, 2.45) is 0 Å². The number of halogens is 2. The molecule has 11 heteroatoms. The van der Waals surface area contributed by atoms with E-state index >= 15 is 0 Å². The van der Waals surface area contributed by atoms with Crippen LogP contribution in [0.3, 0.4) is 0 Å². The topological polar surface area (TPSA) is 114 Å². The number of imidazole rings is 1. The molecule has 9 nitrogen and oxygen atoms in total. The van der Waals surface area contributed by atoms with Crippen molar-refractivity contribution in [2.75, 3.05) is 20.8 Å². The van der Waals surface area contributed by atoms with Crippen LogP contribution in [0.1, 0.15) is 35.8 Å². The molecule has 1 aromatic heterocycles. The van der Waals surface area contributed by atoms with Crippen molar-refractivity contribution in [1.29, 1.82) is 0 Å². The summed E-state index contributed by atoms with van der Waals surface area (Å²) in [5, 5.41) is 2.55. The Balaban J connectivity index is 1.87. The molecule has 0 saturated heterocycles. The number of amides is 2. The van der Waals surface area contributed by atoms with Crippen LogP contribution in [0.5, 0.6) is 0 Å². The van der Waals surface area contributed by atoms with Crippen LogP contribution in [0.15, 0.2) is 24.5 Å². The molecule has 0 aliphatic carbocycles. The van der Waals surface area contributed by atoms with Crippen LogP contribution in [-0.2, 0) is 25.5 Å². The number of methoxy groups -OCH3 is 2. The monoisotopic (exact) mass is 452 g/mol. The molecule has 31 heavy (non-hydrogen) atoms. The smallest absolute Gasteiger partial charge is 0.328 e. The van der Waals surface area contributed by atoms with E-state index in [1.54, 1.807) is 0 Å². The van der Waals surface area contributed by atoms with Crippen LogP contribution in [0, 0.1) is 5.82 Å². The van der Waals surface area contributed by atoms with Crippen molar-refractivity contribution in [3.05, 3.63) is 52.3 Å². The largest absolute Gasteiger partial charge is 0.469 e. The van der Waals surface area contributed by atoms with Gasteiger partial charge in [0.2, 0.25) is 0 Å². The summed E-state index contributed by atoms with van der Waals surface area (Å²) in [6.07, 6.45) is 1.98. The molecule has 2 atom stereocenters. The Hall–Kier alpha value is -3.14. The standard InChI is InChI=1S/C20H22ClFN4O5/c1-30-16(27)6-5-15(19(28)31-2)25-20(29)26-8-7-14-17(24-10-23-14)18(26)11-3-4-13(22)12(21)9-11/h3-4,9-10,15,18H,5-8H2,1-2H3,(H,23,24)(H,25,29)/t15-,18-/m0/s1. The number of carbonyl (C=O) groups excluding carboxylic acids is 3. The number of carbonyl (C=O) groups is 3. The molecular weight excluding hydrogens is 431 g/mol. The van der Waals surface area contributed by atoms with Gasteiger partial charge in [-0.15, -0.1) is 0 Å². The van der Waals surface area contributed by atoms with Crippen LogP contribution in [-0.4, -0.2) is 59.6 Å². The number of nitrogens with one attached hydrogen (secondary N) is 2. The molecule has 0 unspecified atom stereocenters. The maximum absolute atomic E-state index is 13.7. The fourth-order valence-electron chi connectivity index (χ4n) is 3.50. The first kappa shape index (κ1) is 22.5. The molecule has 2 amide bonds. The maximum atomic E-state index is 13.7. The number of fused-ring (bicyclic) bond motifs is 1. The average Bonchev–Trinajstić information content (AvgIpc) is 3.25. The molecule has 2 heterocycles. The van der Waals surface area contributed by atoms with Crippen LogP contribution in [0.25, 0.3) is 0 Å². The maximum Gasteiger partial charge on any atom is 0.328 e. The van der Waals surface area contributed by atoms with Crippen molar-refractivity contribution in [3.8, 4) is 0 Å². The number of hydrogen-bond donors (Lipinski definition) is 2. The van der Waals surface area contributed by atoms with Gasteiger partial charge in [0.25, 0.3) is 0 Å². The van der Waals surface area contributed by atoms with Crippen molar-refractivity contribution >= 4 is 29.6 Å². The molecule has 166 valence electrons. The second kappa shape index (κ2) is 9.78. The second-order valence-corrected chi connectivity index (χ2v) is 7.33. The van der Waals surface area contributed by atoms with Gasteiger partial charge < -0.3 is 24.7 Å². The predicted octanol–water partition coefficient (Wildman–Crippen LogP) is 2.35. The van der Waals surface area contributed by atoms with Crippen molar-refractivity contribution < 1.29 is 28.2 Å². The summed E-state index contributed by atoms with van der Waals surface area (Å²) < 4.78 is 23.0. The van der Waals surface area contributed by atoms with Gasteiger partial charge in [-0.3, -0.25) is 4.79 Å². The number of hydrogen-bond acceptors (Lipinski definition) is 6. The normalized spacial score (nSPS) is 16.3. The number of benzene rings is 1. The Labute approximate surface area is 182 Å². The minimum atomic E-state index is -1.05. The lowest BCUT2D eigenvalue weighted by Gasteiger charge is -2.36. The highest BCUT2D eigenvalue weighted by Crippen LogP contribution is 2.35. The first-order chi connectivity index (χ1) is 14.8. The zero-order chi connectivity index (χ0) is 22.5. The fraction of sp³-hybridized carbons (Fsp3) is 0.400. The highest BCUT2D eigenvalue weighted by molar-refractivity contribution is 6.30. The third-order valence-electron chi connectivity index (χ3n) is 5.09. The molecule has 3 rings (SSSR count). The van der Waals surface area contributed by atoms with E-state index in [1.807, 2.05) is 0 Å². The first-order valence-corrected chi connectivity index (χ1v) is 9.92. The van der Waals surface area contributed by atoms with Gasteiger partial charge in [0.05, 0.1) is 31.3 Å². The predicted molar refractivity (Wildman–Crippen MR) is 108 cm³/mol. The van der Waals surface area contributed by atoms with Crippen LogP contribution in [0.4, 0.5) is 9.18 Å². The highest BCUT2D eigenvalue weighted by atomic mass is 35.5. The van der Waals surface area contributed by atoms with E-state index in [-0.39, 0.29) is 17.9 Å². The van der Waals surface area contributed by atoms with Crippen molar-refractivity contribution in [2.45, 2.75) is 31.3 Å². The van der Waals surface area contributed by atoms with E-state index < -0.39 is 35.9 Å². The number of urea groups is 1. The Kier molecular flexibility index (Phi) is 7.11. The number of aromatic nitrogens is 2. The van der Waals surface area contributed by atoms with Gasteiger partial charge in [0.1, 0.15) is 17.9 Å². The zero-order valence-corrected chi connectivity index (χ0v) is 17.7. The molecule has 0 saturated carbocycles. The number of rotatable bonds is 6. The first-order valence-electron chi connectivity index (χ1n) is 9.54. The number of H-pyrrole nitrogens is 1. The SMILES string of the molecule is COC(=O)CC[C@H](NC(=O)N1CCc2[nH]cnc2[C@@H]1c1ccc(F)c(Cl)c1)C(=O)OC. The van der Waals surface area contributed by atoms with E-state index in [0.29, 0.717) is 24.2 Å². The minimum Gasteiger partial charge on any atom is -0.469 e. The summed E-state index contributed by atoms with van der Waals surface area (Å²) >= 11 is 5.96. The number of ether oxygens (including phenoxy) is 2. The van der Waals surface area contributed by atoms with E-state index in [0.717, 1.165) is 5.69 Å². The molecule has 1 aliphatic rings. The van der Waals surface area contributed by atoms with Gasteiger partial charge in [-0.25, -0.2) is 19.0 Å². The molecule has 0 spiro atoms. The van der Waals surface area contributed by atoms with Crippen molar-refractivity contribution in [1.82, 2.24) is 20.2 Å². The van der Waals surface area contributed by atoms with Gasteiger partial charge in [-0.2, -0.15) is 0 Å². The lowest BCUT2D eigenvalue weighted by Crippen LogP contribution is -2.51. The Morgan fingerprint density at radius 3 is 2.81 bits per heavy atom. The van der Waals surface area contributed by atoms with Gasteiger partial charge in [0, 0.05) is 25.1 Å². The highest BCUT2D eigenvalue weighted by Gasteiger charge is 2.36. The van der Waals surface area contributed by atoms with Gasteiger partial charge in [-0.05, 0) is 24.1 Å². The van der Waals surface area contributed by atoms with E-state index in [1.165, 1.54) is 43.6 Å². The van der Waals surface area contributed by atoms with Gasteiger partial charge in [-0.1, -0.05) is 17.7 Å². The molecule has 1 aromatic carbocycles. The third-order valence-corrected chi connectivity index (χ3v) is 5.38. The summed E-state index contributed by atoms with van der Waals surface area (Å²) in [5.74, 6) is -1.77. The fourth-order valence-corrected chi connectivity index (χ4v) is 3.69. The van der Waals surface area contributed by atoms with E-state index in [4.69, 9.17) is 16.3 Å². The van der Waals surface area contributed by atoms with Gasteiger partial charge >= 0.3 is 18.0 Å². The zero-order valence-electron chi connectivity index (χ0n) is 17.0. The van der Waals surface area contributed by atoms with E-state index in [2.05, 4.69) is 20.0 Å². The molecule has 2 aromatic rings.